The summed E-state index contributed by atoms with van der Waals surface area (Å²) in [6.07, 6.45) is 0. The van der Waals surface area contributed by atoms with E-state index in [9.17, 15) is 0 Å². The van der Waals surface area contributed by atoms with Crippen molar-refractivity contribution in [1.82, 2.24) is 0 Å². The van der Waals surface area contributed by atoms with Gasteiger partial charge in [-0.15, -0.1) is 0 Å². The molecular formula is CH8KO3P. The van der Waals surface area contributed by atoms with Crippen LogP contribution in [0.5, 0.6) is 0 Å². The van der Waals surface area contributed by atoms with Crippen molar-refractivity contribution in [3.63, 3.8) is 0 Å². The summed E-state index contributed by atoms with van der Waals surface area (Å²) in [7, 11) is -3.61. The van der Waals surface area contributed by atoms with E-state index in [1.807, 2.05) is 0 Å². The predicted molar refractivity (Wildman–Crippen MR) is 28.0 cm³/mol. The van der Waals surface area contributed by atoms with Gasteiger partial charge in [0.15, 0.2) is 0 Å². The van der Waals surface area contributed by atoms with Gasteiger partial charge in [-0.2, -0.15) is 0 Å². The van der Waals surface area contributed by atoms with Gasteiger partial charge in [-0.25, -0.2) is 0 Å². The van der Waals surface area contributed by atoms with Crippen molar-refractivity contribution < 1.29 is 14.7 Å². The summed E-state index contributed by atoms with van der Waals surface area (Å²) in [5.74, 6) is 0. The number of hydrogen-bond donors (Lipinski definition) is 3. The molecule has 0 saturated heterocycles. The summed E-state index contributed by atoms with van der Waals surface area (Å²) in [6.45, 7) is 0.993. The van der Waals surface area contributed by atoms with Crippen LogP contribution in [0.4, 0.5) is 0 Å². The monoisotopic (exact) mass is 138 g/mol. The van der Waals surface area contributed by atoms with Gasteiger partial charge < -0.3 is 0 Å². The first-order valence-electron chi connectivity index (χ1n) is 1.17. The fourth-order valence-corrected chi connectivity index (χ4v) is 0. The summed E-state index contributed by atoms with van der Waals surface area (Å²) in [5, 5.41) is 0. The molecule has 6 heavy (non-hydrogen) atoms. The Labute approximate surface area is 79.4 Å². The molecule has 0 rings (SSSR count). The minimum atomic E-state index is -3.61. The fraction of sp³-hybridized carbons (Fsp3) is 1.00. The van der Waals surface area contributed by atoms with Gasteiger partial charge in [-0.1, -0.05) is 0 Å². The quantitative estimate of drug-likeness (QED) is 0.280. The molecule has 0 aliphatic rings. The third-order valence-corrected chi connectivity index (χ3v) is 0. The Balaban J connectivity index is 0. The maximum atomic E-state index is 7.77. The average molecular weight is 138 g/mol. The van der Waals surface area contributed by atoms with Crippen molar-refractivity contribution in [2.75, 3.05) is 6.66 Å². The molecule has 0 aliphatic carbocycles. The van der Waals surface area contributed by atoms with Crippen LogP contribution in [0.1, 0.15) is 0 Å². The molecule has 0 heterocycles. The zero-order chi connectivity index (χ0) is 4.50. The van der Waals surface area contributed by atoms with Gasteiger partial charge in [-0.3, -0.25) is 0 Å². The molecule has 5 heteroatoms. The van der Waals surface area contributed by atoms with Gasteiger partial charge in [0.1, 0.15) is 0 Å². The maximum absolute atomic E-state index is 7.77. The first-order chi connectivity index (χ1) is 2.00. The van der Waals surface area contributed by atoms with Crippen LogP contribution in [0.3, 0.4) is 0 Å². The van der Waals surface area contributed by atoms with Crippen molar-refractivity contribution in [2.45, 2.75) is 0 Å². The molecule has 3 nitrogen and oxygen atoms in total. The van der Waals surface area contributed by atoms with Crippen molar-refractivity contribution in [2.24, 2.45) is 0 Å². The van der Waals surface area contributed by atoms with E-state index in [0.717, 1.165) is 6.66 Å². The van der Waals surface area contributed by atoms with Crippen LogP contribution in [-0.4, -0.2) is 72.7 Å². The minimum absolute atomic E-state index is 0. The Morgan fingerprint density at radius 1 is 1.17 bits per heavy atom. The molecule has 0 aromatic rings. The SMILES string of the molecule is C[PH](O)(O)O.[KH]. The number of hydrogen-bond acceptors (Lipinski definition) is 3. The van der Waals surface area contributed by atoms with E-state index in [1.54, 1.807) is 0 Å². The topological polar surface area (TPSA) is 60.7 Å². The van der Waals surface area contributed by atoms with Gasteiger partial charge >= 0.3 is 80.7 Å². The van der Waals surface area contributed by atoms with E-state index in [2.05, 4.69) is 0 Å². The van der Waals surface area contributed by atoms with E-state index in [4.69, 9.17) is 14.7 Å². The van der Waals surface area contributed by atoms with E-state index < -0.39 is 7.94 Å². The molecule has 36 valence electrons. The molecule has 0 radical (unpaired) electrons. The van der Waals surface area contributed by atoms with Crippen LogP contribution < -0.4 is 0 Å². The third kappa shape index (κ3) is 38.4. The molecule has 0 atom stereocenters. The molecule has 0 aromatic carbocycles. The van der Waals surface area contributed by atoms with Crippen LogP contribution in [0, 0.1) is 0 Å². The van der Waals surface area contributed by atoms with Crippen LogP contribution in [-0.2, 0) is 0 Å². The van der Waals surface area contributed by atoms with Gasteiger partial charge in [0, 0.05) is 0 Å². The molecular weight excluding hydrogens is 130 g/mol. The van der Waals surface area contributed by atoms with Crippen LogP contribution in [0.25, 0.3) is 0 Å². The molecule has 0 fully saturated rings. The molecule has 0 spiro atoms. The second-order valence-corrected chi connectivity index (χ2v) is 2.91. The van der Waals surface area contributed by atoms with Crippen molar-refractivity contribution >= 4 is 59.3 Å². The second-order valence-electron chi connectivity index (χ2n) is 0.971. The Morgan fingerprint density at radius 2 is 1.17 bits per heavy atom. The van der Waals surface area contributed by atoms with Gasteiger partial charge in [0.2, 0.25) is 0 Å². The summed E-state index contributed by atoms with van der Waals surface area (Å²) in [5.41, 5.74) is 0. The standard InChI is InChI=1S/CH7O3P.K.H/c1-5(2,3)4;;/h2-5H,1H3;;. The fourth-order valence-electron chi connectivity index (χ4n) is 0. The van der Waals surface area contributed by atoms with Crippen LogP contribution in [0.15, 0.2) is 0 Å². The summed E-state index contributed by atoms with van der Waals surface area (Å²) in [6, 6.07) is 0. The van der Waals surface area contributed by atoms with E-state index >= 15 is 0 Å². The number of rotatable bonds is 0. The summed E-state index contributed by atoms with van der Waals surface area (Å²) in [4.78, 5) is 23.3. The molecule has 0 bridgehead atoms. The molecule has 0 unspecified atom stereocenters. The Kier molecular flexibility index (Phi) is 7.03. The third-order valence-electron chi connectivity index (χ3n) is 0. The molecule has 3 N–H and O–H groups in total. The van der Waals surface area contributed by atoms with E-state index in [1.165, 1.54) is 0 Å². The molecule has 0 aromatic heterocycles. The van der Waals surface area contributed by atoms with E-state index in [0.29, 0.717) is 0 Å². The van der Waals surface area contributed by atoms with E-state index in [-0.39, 0.29) is 51.4 Å². The summed E-state index contributed by atoms with van der Waals surface area (Å²) < 4.78 is 0. The van der Waals surface area contributed by atoms with Crippen molar-refractivity contribution in [1.29, 1.82) is 0 Å². The predicted octanol–water partition coefficient (Wildman–Crippen LogP) is -1.56. The zero-order valence-corrected chi connectivity index (χ0v) is 3.84. The average Bonchev–Trinajstić information content (AvgIpc) is 0.722. The molecule has 0 aliphatic heterocycles. The Bertz CT molecular complexity index is 26.3. The summed E-state index contributed by atoms with van der Waals surface area (Å²) >= 11 is 0. The Morgan fingerprint density at radius 3 is 1.17 bits per heavy atom. The van der Waals surface area contributed by atoms with Gasteiger partial charge in [0.05, 0.1) is 0 Å². The van der Waals surface area contributed by atoms with Crippen LogP contribution in [0.2, 0.25) is 0 Å². The first-order valence-corrected chi connectivity index (χ1v) is 3.51. The van der Waals surface area contributed by atoms with Crippen molar-refractivity contribution in [3.05, 3.63) is 0 Å². The van der Waals surface area contributed by atoms with Gasteiger partial charge in [-0.05, 0) is 0 Å². The van der Waals surface area contributed by atoms with Gasteiger partial charge in [0.25, 0.3) is 0 Å². The van der Waals surface area contributed by atoms with Crippen LogP contribution >= 0.6 is 7.94 Å². The Hall–Kier alpha value is 1.95. The van der Waals surface area contributed by atoms with Crippen molar-refractivity contribution in [3.8, 4) is 0 Å². The zero-order valence-electron chi connectivity index (χ0n) is 2.84. The molecule has 0 saturated carbocycles. The first kappa shape index (κ1) is 10.8. The second kappa shape index (κ2) is 3.89. The normalized spacial score (nSPS) is 12.7. The molecule has 0 amide bonds.